The van der Waals surface area contributed by atoms with Gasteiger partial charge in [0.1, 0.15) is 29.9 Å². The number of amides is 2. The first-order valence-corrected chi connectivity index (χ1v) is 15.5. The Balaban J connectivity index is 1.61. The third-order valence-electron chi connectivity index (χ3n) is 7.64. The molecule has 0 saturated carbocycles. The summed E-state index contributed by atoms with van der Waals surface area (Å²) < 4.78 is 13.4. The van der Waals surface area contributed by atoms with Gasteiger partial charge >= 0.3 is 18.2 Å². The normalized spacial score (nSPS) is 17.2. The second-order valence-corrected chi connectivity index (χ2v) is 13.9. The number of imide groups is 1. The highest BCUT2D eigenvalue weighted by Crippen LogP contribution is 2.47. The molecule has 0 radical (unpaired) electrons. The Morgan fingerprint density at radius 3 is 2.24 bits per heavy atom. The molecule has 0 saturated heterocycles. The molecule has 4 aromatic rings. The number of pyridine rings is 2. The molecule has 4 heterocycles. The molecule has 0 aliphatic carbocycles. The van der Waals surface area contributed by atoms with E-state index in [2.05, 4.69) is 20.5 Å². The molecule has 0 spiro atoms. The van der Waals surface area contributed by atoms with Crippen molar-refractivity contribution in [2.24, 2.45) is 0 Å². The van der Waals surface area contributed by atoms with Crippen LogP contribution in [0.3, 0.4) is 0 Å². The molecule has 1 aromatic carbocycles. The second-order valence-electron chi connectivity index (χ2n) is 13.5. The largest absolute Gasteiger partial charge is 0.480 e. The van der Waals surface area contributed by atoms with Crippen LogP contribution >= 0.6 is 11.6 Å². The lowest BCUT2D eigenvalue weighted by atomic mass is 9.73. The zero-order valence-corrected chi connectivity index (χ0v) is 28.3. The fourth-order valence-corrected chi connectivity index (χ4v) is 6.00. The highest BCUT2D eigenvalue weighted by atomic mass is 35.5. The van der Waals surface area contributed by atoms with Gasteiger partial charge in [0.05, 0.1) is 28.7 Å². The van der Waals surface area contributed by atoms with Gasteiger partial charge in [-0.1, -0.05) is 11.6 Å². The number of aromatic nitrogens is 6. The monoisotopic (exact) mass is 691 g/mol. The number of hydrogen-bond acceptors (Lipinski definition) is 11. The van der Waals surface area contributed by atoms with Crippen LogP contribution in [-0.4, -0.2) is 70.5 Å². The van der Waals surface area contributed by atoms with E-state index < -0.39 is 46.4 Å². The third-order valence-corrected chi connectivity index (χ3v) is 7.88. The van der Waals surface area contributed by atoms with Crippen LogP contribution in [0.15, 0.2) is 59.8 Å². The van der Waals surface area contributed by atoms with Crippen molar-refractivity contribution in [3.63, 3.8) is 0 Å². The maximum atomic E-state index is 13.7. The molecular formula is C33H34ClN7O8. The molecular weight excluding hydrogens is 658 g/mol. The Bertz CT molecular complexity index is 1950. The zero-order chi connectivity index (χ0) is 35.9. The zero-order valence-electron chi connectivity index (χ0n) is 27.6. The molecule has 0 fully saturated rings. The van der Waals surface area contributed by atoms with Crippen LogP contribution in [0.25, 0.3) is 16.8 Å². The van der Waals surface area contributed by atoms with E-state index >= 15 is 0 Å². The van der Waals surface area contributed by atoms with E-state index in [-0.39, 0.29) is 24.2 Å². The molecule has 1 unspecified atom stereocenters. The van der Waals surface area contributed by atoms with E-state index in [1.54, 1.807) is 65.8 Å². The van der Waals surface area contributed by atoms with Crippen LogP contribution in [0.5, 0.6) is 0 Å². The number of fused-ring (bicyclic) bond motifs is 1. The Hall–Kier alpha value is -5.44. The van der Waals surface area contributed by atoms with Crippen LogP contribution in [0.4, 0.5) is 15.3 Å². The summed E-state index contributed by atoms with van der Waals surface area (Å²) in [7, 11) is 0. The Kier molecular flexibility index (Phi) is 9.17. The molecule has 256 valence electrons. The van der Waals surface area contributed by atoms with Crippen LogP contribution in [-0.2, 0) is 30.9 Å². The van der Waals surface area contributed by atoms with Gasteiger partial charge in [0.25, 0.3) is 5.56 Å². The number of carbonyl (C=O) groups is 4. The summed E-state index contributed by atoms with van der Waals surface area (Å²) in [6.07, 6.45) is 0.723. The molecule has 0 bridgehead atoms. The first-order valence-electron chi connectivity index (χ1n) is 15.1. The number of nitrogens with zero attached hydrogens (tertiary/aromatic N) is 7. The average Bonchev–Trinajstić information content (AvgIpc) is 3.63. The number of carboxylic acids is 1. The van der Waals surface area contributed by atoms with Crippen molar-refractivity contribution in [2.45, 2.75) is 77.0 Å². The minimum absolute atomic E-state index is 0.0218. The van der Waals surface area contributed by atoms with Gasteiger partial charge in [0.2, 0.25) is 0 Å². The number of aldehydes is 1. The lowest BCUT2D eigenvalue weighted by molar-refractivity contribution is -0.143. The minimum Gasteiger partial charge on any atom is -0.480 e. The second kappa shape index (κ2) is 12.9. The molecule has 3 aromatic heterocycles. The number of hydrogen-bond donors (Lipinski definition) is 1. The fraction of sp³-hybridized carbons (Fsp3) is 0.364. The van der Waals surface area contributed by atoms with E-state index in [4.69, 9.17) is 21.1 Å². The van der Waals surface area contributed by atoms with E-state index in [1.807, 2.05) is 0 Å². The molecule has 2 amide bonds. The lowest BCUT2D eigenvalue weighted by Gasteiger charge is -2.32. The summed E-state index contributed by atoms with van der Waals surface area (Å²) in [4.78, 5) is 70.4. The van der Waals surface area contributed by atoms with Gasteiger partial charge in [-0.25, -0.2) is 14.4 Å². The van der Waals surface area contributed by atoms with Gasteiger partial charge in [0, 0.05) is 35.2 Å². The predicted molar refractivity (Wildman–Crippen MR) is 176 cm³/mol. The van der Waals surface area contributed by atoms with E-state index in [0.29, 0.717) is 38.7 Å². The summed E-state index contributed by atoms with van der Waals surface area (Å²) in [6.45, 7) is 9.83. The minimum atomic E-state index is -1.53. The Labute approximate surface area is 285 Å². The molecule has 16 heteroatoms. The summed E-state index contributed by atoms with van der Waals surface area (Å²) in [6, 6.07) is 9.16. The molecule has 49 heavy (non-hydrogen) atoms. The number of rotatable bonds is 7. The fourth-order valence-electron chi connectivity index (χ4n) is 5.83. The average molecular weight is 692 g/mol. The van der Waals surface area contributed by atoms with Crippen molar-refractivity contribution in [2.75, 3.05) is 4.90 Å². The van der Waals surface area contributed by atoms with Gasteiger partial charge < -0.3 is 19.4 Å². The van der Waals surface area contributed by atoms with E-state index in [9.17, 15) is 29.1 Å². The molecule has 15 nitrogen and oxygen atoms in total. The summed E-state index contributed by atoms with van der Waals surface area (Å²) in [5.74, 6) is -1.36. The van der Waals surface area contributed by atoms with Gasteiger partial charge in [-0.15, -0.1) is 5.10 Å². The van der Waals surface area contributed by atoms with Crippen molar-refractivity contribution in [1.82, 2.24) is 29.8 Å². The van der Waals surface area contributed by atoms with Gasteiger partial charge in [-0.05, 0) is 93.9 Å². The topological polar surface area (TPSA) is 189 Å². The molecule has 1 aliphatic heterocycles. The predicted octanol–water partition coefficient (Wildman–Crippen LogP) is 4.92. The van der Waals surface area contributed by atoms with Crippen molar-refractivity contribution in [3.8, 4) is 16.8 Å². The van der Waals surface area contributed by atoms with Gasteiger partial charge in [0.15, 0.2) is 0 Å². The van der Waals surface area contributed by atoms with Gasteiger partial charge in [-0.2, -0.15) is 9.58 Å². The van der Waals surface area contributed by atoms with Crippen LogP contribution in [0, 0.1) is 0 Å². The van der Waals surface area contributed by atoms with Crippen molar-refractivity contribution in [3.05, 3.63) is 81.8 Å². The van der Waals surface area contributed by atoms with E-state index in [1.165, 1.54) is 35.4 Å². The van der Waals surface area contributed by atoms with E-state index in [0.717, 1.165) is 4.57 Å². The quantitative estimate of drug-likeness (QED) is 0.258. The number of halogens is 1. The maximum Gasteiger partial charge on any atom is 0.424 e. The van der Waals surface area contributed by atoms with Gasteiger partial charge in [-0.3, -0.25) is 14.3 Å². The summed E-state index contributed by atoms with van der Waals surface area (Å²) in [5, 5.41) is 22.2. The number of carboxylic acid groups (broad SMARTS) is 1. The lowest BCUT2D eigenvalue weighted by Crippen LogP contribution is -2.44. The summed E-state index contributed by atoms with van der Waals surface area (Å²) in [5.41, 5.74) is -2.16. The Morgan fingerprint density at radius 1 is 1.04 bits per heavy atom. The highest BCUT2D eigenvalue weighted by Gasteiger charge is 2.53. The number of aliphatic carboxylic acids is 1. The molecule has 1 aliphatic rings. The highest BCUT2D eigenvalue weighted by molar-refractivity contribution is 6.31. The maximum absolute atomic E-state index is 13.7. The molecule has 2 atom stereocenters. The SMILES string of the molecule is CC(C)(C)OC(=O)N(C(=O)OC(C)(C)C)c1ccc(C2(CC=O)Cc3cc(-c4cc(Cl)ccc4-n4cnnn4)cc(=O)n3[C@@H]2C(=O)O)nc1. The van der Waals surface area contributed by atoms with Crippen molar-refractivity contribution < 1.29 is 33.8 Å². The number of ether oxygens (including phenoxy) is 2. The number of carbonyl (C=O) groups excluding carboxylic acids is 3. The molecule has 5 rings (SSSR count). The number of benzene rings is 1. The first kappa shape index (κ1) is 34.9. The number of tetrazole rings is 1. The Morgan fingerprint density at radius 2 is 1.71 bits per heavy atom. The standard InChI is InChI=1S/C33H34ClN7O8/c1-31(2,3)48-29(46)41(30(47)49-32(4,5)6)21-8-10-25(35-17-21)33(11-12-42)16-22-13-19(14-26(43)40(22)27(33)28(44)45)23-15-20(34)7-9-24(23)39-18-36-37-38-39/h7-10,12-15,17-18,27H,11,16H2,1-6H3,(H,44,45)/t27-,33?/m1/s1. The number of anilines is 1. The van der Waals surface area contributed by atoms with Crippen LogP contribution in [0.1, 0.15) is 65.4 Å². The third kappa shape index (κ3) is 7.06. The van der Waals surface area contributed by atoms with Crippen LogP contribution in [0.2, 0.25) is 5.02 Å². The van der Waals surface area contributed by atoms with Crippen LogP contribution < -0.4 is 10.5 Å². The first-order chi connectivity index (χ1) is 22.9. The van der Waals surface area contributed by atoms with Crippen molar-refractivity contribution >= 4 is 41.7 Å². The smallest absolute Gasteiger partial charge is 0.424 e. The summed E-state index contributed by atoms with van der Waals surface area (Å²) >= 11 is 6.32. The molecule has 1 N–H and O–H groups in total. The van der Waals surface area contributed by atoms with Crippen molar-refractivity contribution in [1.29, 1.82) is 0 Å².